The maximum atomic E-state index is 11.8. The molecular weight excluding hydrogens is 336 g/mol. The predicted octanol–water partition coefficient (Wildman–Crippen LogP) is 4.17. The van der Waals surface area contributed by atoms with Crippen LogP contribution in [0.2, 0.25) is 0 Å². The third-order valence-electron chi connectivity index (χ3n) is 4.30. The van der Waals surface area contributed by atoms with Gasteiger partial charge in [0.2, 0.25) is 0 Å². The molecule has 1 N–H and O–H groups in total. The first kappa shape index (κ1) is 20.4. The highest BCUT2D eigenvalue weighted by Crippen LogP contribution is 2.16. The normalized spacial score (nSPS) is 17.0. The summed E-state index contributed by atoms with van der Waals surface area (Å²) in [6.45, 7) is 1.55. The summed E-state index contributed by atoms with van der Waals surface area (Å²) in [5.41, 5.74) is 0.170. The molecule has 6 heteroatoms. The fourth-order valence-corrected chi connectivity index (χ4v) is 2.81. The van der Waals surface area contributed by atoms with E-state index < -0.39 is 5.97 Å². The van der Waals surface area contributed by atoms with Crippen molar-refractivity contribution < 1.29 is 28.9 Å². The first-order valence-electron chi connectivity index (χ1n) is 9.42. The van der Waals surface area contributed by atoms with E-state index in [-0.39, 0.29) is 17.8 Å². The summed E-state index contributed by atoms with van der Waals surface area (Å²) < 4.78 is 16.4. The van der Waals surface area contributed by atoms with Crippen LogP contribution in [0.3, 0.4) is 0 Å². The summed E-state index contributed by atoms with van der Waals surface area (Å²) in [7, 11) is 0. The van der Waals surface area contributed by atoms with Crippen LogP contribution in [-0.2, 0) is 14.3 Å². The van der Waals surface area contributed by atoms with Crippen molar-refractivity contribution in [2.45, 2.75) is 64.1 Å². The molecule has 1 aromatic rings. The molecule has 1 heterocycles. The Kier molecular flexibility index (Phi) is 9.14. The molecule has 0 aromatic heterocycles. The molecule has 0 amide bonds. The van der Waals surface area contributed by atoms with Crippen molar-refractivity contribution >= 4 is 11.9 Å². The van der Waals surface area contributed by atoms with E-state index in [1.807, 2.05) is 0 Å². The standard InChI is InChI=1S/C20H28O6/c21-18(26-17-12-10-16(11-13-17)20(22)23)8-4-2-1-3-6-14-24-19-9-5-7-15-25-19/h10-13,19H,1-9,14-15H2,(H,22,23). The van der Waals surface area contributed by atoms with Gasteiger partial charge in [-0.3, -0.25) is 4.79 Å². The maximum Gasteiger partial charge on any atom is 0.335 e. The zero-order chi connectivity index (χ0) is 18.6. The summed E-state index contributed by atoms with van der Waals surface area (Å²) >= 11 is 0. The number of esters is 1. The molecule has 1 fully saturated rings. The van der Waals surface area contributed by atoms with Crippen LogP contribution in [-0.4, -0.2) is 36.5 Å². The summed E-state index contributed by atoms with van der Waals surface area (Å²) in [6.07, 6.45) is 8.61. The van der Waals surface area contributed by atoms with E-state index in [2.05, 4.69) is 0 Å². The summed E-state index contributed by atoms with van der Waals surface area (Å²) in [4.78, 5) is 22.5. The Hall–Kier alpha value is -1.92. The minimum Gasteiger partial charge on any atom is -0.478 e. The van der Waals surface area contributed by atoms with Crippen molar-refractivity contribution in [3.8, 4) is 5.75 Å². The zero-order valence-corrected chi connectivity index (χ0v) is 15.2. The largest absolute Gasteiger partial charge is 0.478 e. The monoisotopic (exact) mass is 364 g/mol. The molecule has 2 rings (SSSR count). The smallest absolute Gasteiger partial charge is 0.335 e. The Morgan fingerprint density at radius 3 is 2.46 bits per heavy atom. The quantitative estimate of drug-likeness (QED) is 0.360. The number of carboxylic acid groups (broad SMARTS) is 1. The lowest BCUT2D eigenvalue weighted by molar-refractivity contribution is -0.162. The van der Waals surface area contributed by atoms with Gasteiger partial charge in [-0.15, -0.1) is 0 Å². The number of rotatable bonds is 11. The Morgan fingerprint density at radius 1 is 1.04 bits per heavy atom. The van der Waals surface area contributed by atoms with E-state index >= 15 is 0 Å². The molecule has 1 aliphatic heterocycles. The van der Waals surface area contributed by atoms with Crippen LogP contribution in [0.5, 0.6) is 5.75 Å². The van der Waals surface area contributed by atoms with Crippen LogP contribution in [0, 0.1) is 0 Å². The second kappa shape index (κ2) is 11.6. The predicted molar refractivity (Wildman–Crippen MR) is 96.3 cm³/mol. The Morgan fingerprint density at radius 2 is 1.77 bits per heavy atom. The van der Waals surface area contributed by atoms with Crippen LogP contribution in [0.15, 0.2) is 24.3 Å². The van der Waals surface area contributed by atoms with Crippen molar-refractivity contribution in [1.29, 1.82) is 0 Å². The van der Waals surface area contributed by atoms with Crippen LogP contribution in [0.1, 0.15) is 68.1 Å². The SMILES string of the molecule is O=C(CCCCCCCOC1CCCCO1)Oc1ccc(C(=O)O)cc1. The molecule has 1 atom stereocenters. The summed E-state index contributed by atoms with van der Waals surface area (Å²) in [6, 6.07) is 5.84. The van der Waals surface area contributed by atoms with Crippen molar-refractivity contribution in [3.05, 3.63) is 29.8 Å². The lowest BCUT2D eigenvalue weighted by atomic mass is 10.1. The maximum absolute atomic E-state index is 11.8. The van der Waals surface area contributed by atoms with Crippen LogP contribution >= 0.6 is 0 Å². The van der Waals surface area contributed by atoms with Crippen molar-refractivity contribution in [2.75, 3.05) is 13.2 Å². The third kappa shape index (κ3) is 7.97. The number of ether oxygens (including phenoxy) is 3. The van der Waals surface area contributed by atoms with Gasteiger partial charge in [-0.25, -0.2) is 4.79 Å². The van der Waals surface area contributed by atoms with Crippen LogP contribution in [0.25, 0.3) is 0 Å². The topological polar surface area (TPSA) is 82.1 Å². The lowest BCUT2D eigenvalue weighted by Gasteiger charge is -2.22. The highest BCUT2D eigenvalue weighted by molar-refractivity contribution is 5.87. The fraction of sp³-hybridized carbons (Fsp3) is 0.600. The van der Waals surface area contributed by atoms with E-state index in [1.165, 1.54) is 30.7 Å². The molecule has 0 saturated carbocycles. The zero-order valence-electron chi connectivity index (χ0n) is 15.2. The van der Waals surface area contributed by atoms with Gasteiger partial charge < -0.3 is 19.3 Å². The average Bonchev–Trinajstić information content (AvgIpc) is 2.65. The van der Waals surface area contributed by atoms with Gasteiger partial charge in [-0.1, -0.05) is 19.3 Å². The number of benzene rings is 1. The van der Waals surface area contributed by atoms with Gasteiger partial charge in [-0.05, 0) is 56.4 Å². The summed E-state index contributed by atoms with van der Waals surface area (Å²) in [5.74, 6) is -0.910. The average molecular weight is 364 g/mol. The molecule has 0 spiro atoms. The van der Waals surface area contributed by atoms with E-state index in [4.69, 9.17) is 19.3 Å². The van der Waals surface area contributed by atoms with Gasteiger partial charge in [-0.2, -0.15) is 0 Å². The molecule has 26 heavy (non-hydrogen) atoms. The first-order valence-corrected chi connectivity index (χ1v) is 9.42. The van der Waals surface area contributed by atoms with E-state index in [0.717, 1.165) is 58.2 Å². The number of unbranched alkanes of at least 4 members (excludes halogenated alkanes) is 4. The Balaban J connectivity index is 1.46. The molecule has 0 aliphatic carbocycles. The number of aromatic carboxylic acids is 1. The van der Waals surface area contributed by atoms with Gasteiger partial charge in [0.05, 0.1) is 5.56 Å². The Bertz CT molecular complexity index is 548. The number of carbonyl (C=O) groups is 2. The number of carboxylic acids is 1. The molecule has 0 radical (unpaired) electrons. The van der Waals surface area contributed by atoms with Gasteiger partial charge >= 0.3 is 11.9 Å². The molecule has 144 valence electrons. The second-order valence-electron chi connectivity index (χ2n) is 6.49. The Labute approximate surface area is 154 Å². The van der Waals surface area contributed by atoms with E-state index in [1.54, 1.807) is 0 Å². The van der Waals surface area contributed by atoms with Crippen LogP contribution < -0.4 is 4.74 Å². The van der Waals surface area contributed by atoms with E-state index in [9.17, 15) is 9.59 Å². The van der Waals surface area contributed by atoms with Crippen molar-refractivity contribution in [1.82, 2.24) is 0 Å². The molecule has 1 aromatic carbocycles. The molecule has 1 saturated heterocycles. The minimum atomic E-state index is -1.00. The van der Waals surface area contributed by atoms with E-state index in [0.29, 0.717) is 12.2 Å². The highest BCUT2D eigenvalue weighted by Gasteiger charge is 2.13. The fourth-order valence-electron chi connectivity index (χ4n) is 2.81. The van der Waals surface area contributed by atoms with Crippen molar-refractivity contribution in [2.24, 2.45) is 0 Å². The number of hydrogen-bond donors (Lipinski definition) is 1. The lowest BCUT2D eigenvalue weighted by Crippen LogP contribution is -2.22. The first-order chi connectivity index (χ1) is 12.6. The number of hydrogen-bond acceptors (Lipinski definition) is 5. The minimum absolute atomic E-state index is 0.0110. The number of carbonyl (C=O) groups excluding carboxylic acids is 1. The van der Waals surface area contributed by atoms with Crippen LogP contribution in [0.4, 0.5) is 0 Å². The van der Waals surface area contributed by atoms with Gasteiger partial charge in [0.15, 0.2) is 6.29 Å². The van der Waals surface area contributed by atoms with Crippen molar-refractivity contribution in [3.63, 3.8) is 0 Å². The summed E-state index contributed by atoms with van der Waals surface area (Å²) in [5, 5.41) is 8.82. The molecule has 0 bridgehead atoms. The molecule has 1 aliphatic rings. The van der Waals surface area contributed by atoms with Gasteiger partial charge in [0, 0.05) is 19.6 Å². The van der Waals surface area contributed by atoms with Gasteiger partial charge in [0.25, 0.3) is 0 Å². The third-order valence-corrected chi connectivity index (χ3v) is 4.30. The molecular formula is C20H28O6. The highest BCUT2D eigenvalue weighted by atomic mass is 16.7. The second-order valence-corrected chi connectivity index (χ2v) is 6.49. The molecule has 6 nitrogen and oxygen atoms in total. The van der Waals surface area contributed by atoms with Gasteiger partial charge in [0.1, 0.15) is 5.75 Å². The molecule has 1 unspecified atom stereocenters.